The van der Waals surface area contributed by atoms with E-state index in [4.69, 9.17) is 9.47 Å². The van der Waals surface area contributed by atoms with Crippen LogP contribution in [0.5, 0.6) is 0 Å². The summed E-state index contributed by atoms with van der Waals surface area (Å²) in [6.45, 7) is 11.0. The monoisotopic (exact) mass is 381 g/mol. The third kappa shape index (κ3) is 6.41. The summed E-state index contributed by atoms with van der Waals surface area (Å²) >= 11 is 0. The van der Waals surface area contributed by atoms with Crippen LogP contribution in [0.4, 0.5) is 0 Å². The van der Waals surface area contributed by atoms with Crippen LogP contribution in [-0.4, -0.2) is 98.9 Å². The highest BCUT2D eigenvalue weighted by Crippen LogP contribution is 2.25. The van der Waals surface area contributed by atoms with Gasteiger partial charge >= 0.3 is 0 Å². The van der Waals surface area contributed by atoms with Gasteiger partial charge in [-0.15, -0.1) is 0 Å². The van der Waals surface area contributed by atoms with Crippen LogP contribution < -0.4 is 0 Å². The van der Waals surface area contributed by atoms with E-state index in [0.29, 0.717) is 12.1 Å². The highest BCUT2D eigenvalue weighted by atomic mass is 16.5. The third-order valence-corrected chi connectivity index (χ3v) is 6.70. The van der Waals surface area contributed by atoms with Crippen LogP contribution in [0, 0.1) is 5.92 Å². The van der Waals surface area contributed by atoms with Crippen LogP contribution in [0.2, 0.25) is 0 Å². The Bertz CT molecular complexity index is 440. The minimum absolute atomic E-state index is 0.225. The normalized spacial score (nSPS) is 26.2. The molecule has 1 unspecified atom stereocenters. The summed E-state index contributed by atoms with van der Waals surface area (Å²) in [4.78, 5) is 18.9. The Morgan fingerprint density at radius 1 is 1.07 bits per heavy atom. The van der Waals surface area contributed by atoms with Gasteiger partial charge in [-0.05, 0) is 57.5 Å². The molecule has 0 aromatic rings. The number of likely N-dealkylation sites (tertiary alicyclic amines) is 2. The van der Waals surface area contributed by atoms with E-state index in [1.807, 2.05) is 4.90 Å². The van der Waals surface area contributed by atoms with Crippen LogP contribution >= 0.6 is 0 Å². The molecule has 0 aliphatic carbocycles. The average molecular weight is 382 g/mol. The molecule has 0 N–H and O–H groups in total. The zero-order valence-electron chi connectivity index (χ0n) is 17.4. The lowest BCUT2D eigenvalue weighted by Gasteiger charge is -2.42. The Balaban J connectivity index is 1.50. The molecular formula is C21H39N3O3. The second kappa shape index (κ2) is 10.7. The lowest BCUT2D eigenvalue weighted by atomic mass is 9.93. The van der Waals surface area contributed by atoms with Crippen molar-refractivity contribution in [3.05, 3.63) is 0 Å². The molecule has 27 heavy (non-hydrogen) atoms. The van der Waals surface area contributed by atoms with E-state index in [-0.39, 0.29) is 5.91 Å². The van der Waals surface area contributed by atoms with Gasteiger partial charge in [0.25, 0.3) is 0 Å². The minimum atomic E-state index is 0.225. The molecule has 3 heterocycles. The summed E-state index contributed by atoms with van der Waals surface area (Å²) in [7, 11) is 1.78. The van der Waals surface area contributed by atoms with E-state index in [1.165, 1.54) is 45.3 Å². The minimum Gasteiger partial charge on any atom is -0.383 e. The first kappa shape index (κ1) is 21.0. The molecule has 0 spiro atoms. The van der Waals surface area contributed by atoms with Gasteiger partial charge < -0.3 is 19.3 Å². The number of hydrogen-bond donors (Lipinski definition) is 0. The fraction of sp³-hybridized carbons (Fsp3) is 0.952. The molecule has 3 saturated heterocycles. The van der Waals surface area contributed by atoms with Gasteiger partial charge in [0.05, 0.1) is 12.7 Å². The van der Waals surface area contributed by atoms with E-state index < -0.39 is 0 Å². The van der Waals surface area contributed by atoms with E-state index in [9.17, 15) is 4.79 Å². The predicted molar refractivity (Wildman–Crippen MR) is 107 cm³/mol. The Morgan fingerprint density at radius 3 is 2.41 bits per heavy atom. The van der Waals surface area contributed by atoms with Gasteiger partial charge in [0, 0.05) is 59.4 Å². The van der Waals surface area contributed by atoms with Gasteiger partial charge in [-0.2, -0.15) is 0 Å². The van der Waals surface area contributed by atoms with Crippen molar-refractivity contribution in [2.24, 2.45) is 5.92 Å². The number of nitrogens with zero attached hydrogens (tertiary/aromatic N) is 3. The van der Waals surface area contributed by atoms with Crippen LogP contribution in [0.15, 0.2) is 0 Å². The van der Waals surface area contributed by atoms with Crippen molar-refractivity contribution < 1.29 is 14.3 Å². The molecule has 3 fully saturated rings. The van der Waals surface area contributed by atoms with Gasteiger partial charge in [-0.25, -0.2) is 0 Å². The molecule has 6 heteroatoms. The second-order valence-electron chi connectivity index (χ2n) is 8.60. The first-order valence-electron chi connectivity index (χ1n) is 11.0. The smallest absolute Gasteiger partial charge is 0.219 e. The zero-order valence-corrected chi connectivity index (χ0v) is 17.4. The standard InChI is InChI=1S/C21H39N3O3/c1-18(25)23-11-7-20(8-12-23)24(17-21-4-3-14-27-21)16-19-5-9-22(10-6-19)13-15-26-2/h19-21H,3-17H2,1-2H3. The average Bonchev–Trinajstić information content (AvgIpc) is 3.20. The molecule has 3 rings (SSSR count). The maximum absolute atomic E-state index is 11.7. The summed E-state index contributed by atoms with van der Waals surface area (Å²) in [6.07, 6.45) is 7.63. The molecule has 0 aromatic carbocycles. The van der Waals surface area contributed by atoms with Crippen molar-refractivity contribution in [1.82, 2.24) is 14.7 Å². The molecule has 1 amide bonds. The number of carbonyl (C=O) groups is 1. The number of hydrogen-bond acceptors (Lipinski definition) is 5. The maximum Gasteiger partial charge on any atom is 0.219 e. The highest BCUT2D eigenvalue weighted by molar-refractivity contribution is 5.73. The van der Waals surface area contributed by atoms with Gasteiger partial charge in [0.2, 0.25) is 5.91 Å². The van der Waals surface area contributed by atoms with Gasteiger partial charge in [0.15, 0.2) is 0 Å². The number of ether oxygens (including phenoxy) is 2. The van der Waals surface area contributed by atoms with Crippen LogP contribution in [0.1, 0.15) is 45.4 Å². The Kier molecular flexibility index (Phi) is 8.37. The number of carbonyl (C=O) groups excluding carboxylic acids is 1. The Morgan fingerprint density at radius 2 is 1.81 bits per heavy atom. The molecule has 0 aromatic heterocycles. The van der Waals surface area contributed by atoms with Crippen molar-refractivity contribution in [2.75, 3.05) is 66.1 Å². The SMILES string of the molecule is COCCN1CCC(CN(CC2CCCO2)C2CCN(C(C)=O)CC2)CC1. The van der Waals surface area contributed by atoms with E-state index in [0.717, 1.165) is 58.2 Å². The van der Waals surface area contributed by atoms with Crippen molar-refractivity contribution in [3.63, 3.8) is 0 Å². The first-order valence-corrected chi connectivity index (χ1v) is 11.0. The number of piperidine rings is 2. The zero-order chi connectivity index (χ0) is 19.1. The van der Waals surface area contributed by atoms with Crippen molar-refractivity contribution in [2.45, 2.75) is 57.6 Å². The molecule has 0 radical (unpaired) electrons. The molecule has 1 atom stereocenters. The van der Waals surface area contributed by atoms with Gasteiger partial charge in [-0.1, -0.05) is 0 Å². The lowest BCUT2D eigenvalue weighted by molar-refractivity contribution is -0.130. The van der Waals surface area contributed by atoms with Gasteiger partial charge in [-0.3, -0.25) is 9.69 Å². The molecule has 6 nitrogen and oxygen atoms in total. The van der Waals surface area contributed by atoms with Gasteiger partial charge in [0.1, 0.15) is 0 Å². The summed E-state index contributed by atoms with van der Waals surface area (Å²) in [5, 5.41) is 0. The van der Waals surface area contributed by atoms with Crippen LogP contribution in [0.3, 0.4) is 0 Å². The topological polar surface area (TPSA) is 45.2 Å². The number of rotatable bonds is 8. The summed E-state index contributed by atoms with van der Waals surface area (Å²) < 4.78 is 11.2. The van der Waals surface area contributed by atoms with Crippen molar-refractivity contribution >= 4 is 5.91 Å². The summed E-state index contributed by atoms with van der Waals surface area (Å²) in [5.41, 5.74) is 0. The third-order valence-electron chi connectivity index (χ3n) is 6.70. The lowest BCUT2D eigenvalue weighted by Crippen LogP contribution is -2.50. The van der Waals surface area contributed by atoms with Crippen molar-refractivity contribution in [3.8, 4) is 0 Å². The maximum atomic E-state index is 11.7. The van der Waals surface area contributed by atoms with Crippen LogP contribution in [0.25, 0.3) is 0 Å². The molecule has 156 valence electrons. The quantitative estimate of drug-likeness (QED) is 0.642. The summed E-state index contributed by atoms with van der Waals surface area (Å²) in [5.74, 6) is 1.01. The van der Waals surface area contributed by atoms with Crippen LogP contribution in [-0.2, 0) is 14.3 Å². The number of amides is 1. The van der Waals surface area contributed by atoms with E-state index in [1.54, 1.807) is 14.0 Å². The Labute approximate surface area is 165 Å². The first-order chi connectivity index (χ1) is 13.2. The fourth-order valence-electron chi connectivity index (χ4n) is 4.91. The van der Waals surface area contributed by atoms with E-state index >= 15 is 0 Å². The Hall–Kier alpha value is -0.690. The van der Waals surface area contributed by atoms with Crippen molar-refractivity contribution in [1.29, 1.82) is 0 Å². The molecule has 0 bridgehead atoms. The number of methoxy groups -OCH3 is 1. The second-order valence-corrected chi connectivity index (χ2v) is 8.60. The largest absolute Gasteiger partial charge is 0.383 e. The highest BCUT2D eigenvalue weighted by Gasteiger charge is 2.31. The molecule has 0 saturated carbocycles. The fourth-order valence-corrected chi connectivity index (χ4v) is 4.91. The summed E-state index contributed by atoms with van der Waals surface area (Å²) in [6, 6.07) is 0.608. The predicted octanol–water partition coefficient (Wildman–Crippen LogP) is 1.84. The molecule has 3 aliphatic rings. The molecule has 3 aliphatic heterocycles. The van der Waals surface area contributed by atoms with E-state index in [2.05, 4.69) is 9.80 Å². The molecular weight excluding hydrogens is 342 g/mol.